The summed E-state index contributed by atoms with van der Waals surface area (Å²) in [4.78, 5) is 14.2. The minimum Gasteiger partial charge on any atom is -0.312 e. The second-order valence-corrected chi connectivity index (χ2v) is 8.75. The molecule has 2 aromatic rings. The van der Waals surface area contributed by atoms with Crippen molar-refractivity contribution in [1.29, 1.82) is 0 Å². The van der Waals surface area contributed by atoms with Crippen molar-refractivity contribution in [1.82, 2.24) is 0 Å². The lowest BCUT2D eigenvalue weighted by atomic mass is 10.2. The van der Waals surface area contributed by atoms with E-state index in [1.807, 2.05) is 13.0 Å². The molecule has 7 heteroatoms. The molecule has 1 atom stereocenters. The van der Waals surface area contributed by atoms with Gasteiger partial charge in [-0.25, -0.2) is 8.42 Å². The van der Waals surface area contributed by atoms with Crippen LogP contribution in [0.25, 0.3) is 0 Å². The SMILES string of the molecule is CCN(C(=O)[C@@H](C)S(=O)(=O)Cc1ccc(Cl)c(Cl)c1)c1ccccc1. The predicted molar refractivity (Wildman–Crippen MR) is 103 cm³/mol. The fraction of sp³-hybridized carbons (Fsp3) is 0.278. The Morgan fingerprint density at radius 1 is 1.08 bits per heavy atom. The van der Waals surface area contributed by atoms with E-state index in [2.05, 4.69) is 0 Å². The third-order valence-corrected chi connectivity index (χ3v) is 6.64. The predicted octanol–water partition coefficient (Wildman–Crippen LogP) is 4.35. The highest BCUT2D eigenvalue weighted by Crippen LogP contribution is 2.25. The zero-order chi connectivity index (χ0) is 18.6. The summed E-state index contributed by atoms with van der Waals surface area (Å²) in [6.07, 6.45) is 0. The van der Waals surface area contributed by atoms with Crippen LogP contribution in [0.3, 0.4) is 0 Å². The summed E-state index contributed by atoms with van der Waals surface area (Å²) in [6.45, 7) is 3.61. The number of hydrogen-bond acceptors (Lipinski definition) is 3. The first-order valence-electron chi connectivity index (χ1n) is 7.78. The molecule has 0 aliphatic carbocycles. The van der Waals surface area contributed by atoms with Crippen LogP contribution in [-0.4, -0.2) is 26.1 Å². The van der Waals surface area contributed by atoms with Crippen molar-refractivity contribution in [3.05, 3.63) is 64.1 Å². The lowest BCUT2D eigenvalue weighted by Gasteiger charge is -2.24. The molecule has 25 heavy (non-hydrogen) atoms. The molecule has 4 nitrogen and oxygen atoms in total. The molecule has 0 N–H and O–H groups in total. The zero-order valence-electron chi connectivity index (χ0n) is 13.9. The molecule has 134 valence electrons. The molecule has 0 aliphatic heterocycles. The van der Waals surface area contributed by atoms with Crippen LogP contribution in [0.2, 0.25) is 10.0 Å². The van der Waals surface area contributed by atoms with E-state index >= 15 is 0 Å². The van der Waals surface area contributed by atoms with Crippen molar-refractivity contribution < 1.29 is 13.2 Å². The second kappa shape index (κ2) is 8.21. The van der Waals surface area contributed by atoms with Crippen LogP contribution in [0.1, 0.15) is 19.4 Å². The summed E-state index contributed by atoms with van der Waals surface area (Å²) in [5.41, 5.74) is 1.17. The molecule has 2 rings (SSSR count). The van der Waals surface area contributed by atoms with Gasteiger partial charge in [-0.1, -0.05) is 47.5 Å². The monoisotopic (exact) mass is 399 g/mol. The van der Waals surface area contributed by atoms with Crippen molar-refractivity contribution >= 4 is 44.6 Å². The van der Waals surface area contributed by atoms with Gasteiger partial charge in [0.25, 0.3) is 0 Å². The van der Waals surface area contributed by atoms with Crippen molar-refractivity contribution in [3.63, 3.8) is 0 Å². The molecule has 0 heterocycles. The third-order valence-electron chi connectivity index (χ3n) is 3.89. The van der Waals surface area contributed by atoms with Crippen molar-refractivity contribution in [2.45, 2.75) is 24.9 Å². The van der Waals surface area contributed by atoms with E-state index in [9.17, 15) is 13.2 Å². The van der Waals surface area contributed by atoms with Gasteiger partial charge in [0, 0.05) is 12.2 Å². The largest absolute Gasteiger partial charge is 0.312 e. The molecule has 0 saturated heterocycles. The van der Waals surface area contributed by atoms with Crippen LogP contribution in [0, 0.1) is 0 Å². The Bertz CT molecular complexity index is 854. The number of hydrogen-bond donors (Lipinski definition) is 0. The summed E-state index contributed by atoms with van der Waals surface area (Å²) in [7, 11) is -3.70. The average Bonchev–Trinajstić information content (AvgIpc) is 2.58. The average molecular weight is 400 g/mol. The fourth-order valence-corrected chi connectivity index (χ4v) is 4.08. The van der Waals surface area contributed by atoms with Gasteiger partial charge in [-0.15, -0.1) is 0 Å². The normalized spacial score (nSPS) is 12.6. The van der Waals surface area contributed by atoms with Gasteiger partial charge < -0.3 is 4.90 Å². The minimum absolute atomic E-state index is 0.275. The Morgan fingerprint density at radius 3 is 2.28 bits per heavy atom. The van der Waals surface area contributed by atoms with Crippen molar-refractivity contribution in [2.75, 3.05) is 11.4 Å². The molecule has 0 unspecified atom stereocenters. The number of benzene rings is 2. The quantitative estimate of drug-likeness (QED) is 0.725. The molecular weight excluding hydrogens is 381 g/mol. The van der Waals surface area contributed by atoms with Gasteiger partial charge in [0.05, 0.1) is 15.8 Å². The fourth-order valence-electron chi connectivity index (χ4n) is 2.43. The molecule has 0 saturated carbocycles. The smallest absolute Gasteiger partial charge is 0.245 e. The van der Waals surface area contributed by atoms with E-state index in [1.165, 1.54) is 17.9 Å². The van der Waals surface area contributed by atoms with Crippen LogP contribution in [0.4, 0.5) is 5.69 Å². The Balaban J connectivity index is 2.22. The second-order valence-electron chi connectivity index (χ2n) is 5.62. The summed E-state index contributed by atoms with van der Waals surface area (Å²) < 4.78 is 25.3. The van der Waals surface area contributed by atoms with E-state index in [0.717, 1.165) is 0 Å². The maximum Gasteiger partial charge on any atom is 0.245 e. The first-order chi connectivity index (χ1) is 11.8. The standard InChI is InChI=1S/C18H19Cl2NO3S/c1-3-21(15-7-5-4-6-8-15)18(22)13(2)25(23,24)12-14-9-10-16(19)17(20)11-14/h4-11,13H,3,12H2,1-2H3/t13-/m1/s1. The number of nitrogens with zero attached hydrogens (tertiary/aromatic N) is 1. The summed E-state index contributed by atoms with van der Waals surface area (Å²) in [5.74, 6) is -0.725. The number of carbonyl (C=O) groups is 1. The van der Waals surface area contributed by atoms with Crippen LogP contribution in [0.5, 0.6) is 0 Å². The van der Waals surface area contributed by atoms with Crippen LogP contribution in [-0.2, 0) is 20.4 Å². The summed E-state index contributed by atoms with van der Waals surface area (Å²) >= 11 is 11.8. The molecule has 1 amide bonds. The molecule has 0 aliphatic rings. The molecule has 2 aromatic carbocycles. The minimum atomic E-state index is -3.70. The van der Waals surface area contributed by atoms with Crippen LogP contribution >= 0.6 is 23.2 Å². The maximum absolute atomic E-state index is 12.7. The van der Waals surface area contributed by atoms with E-state index in [1.54, 1.807) is 36.4 Å². The Kier molecular flexibility index (Phi) is 6.49. The zero-order valence-corrected chi connectivity index (χ0v) is 16.3. The number of amides is 1. The Labute approximate surface area is 158 Å². The first-order valence-corrected chi connectivity index (χ1v) is 10.2. The van der Waals surface area contributed by atoms with Crippen LogP contribution < -0.4 is 4.90 Å². The van der Waals surface area contributed by atoms with Gasteiger partial charge in [0.15, 0.2) is 9.84 Å². The molecule has 0 aromatic heterocycles. The molecule has 0 spiro atoms. The van der Waals surface area contributed by atoms with Gasteiger partial charge in [-0.2, -0.15) is 0 Å². The summed E-state index contributed by atoms with van der Waals surface area (Å²) in [5, 5.41) is -0.525. The third kappa shape index (κ3) is 4.75. The molecule has 0 radical (unpaired) electrons. The maximum atomic E-state index is 12.7. The number of carbonyl (C=O) groups excluding carboxylic acids is 1. The van der Waals surface area contributed by atoms with E-state index in [4.69, 9.17) is 23.2 Å². The summed E-state index contributed by atoms with van der Waals surface area (Å²) in [6, 6.07) is 13.7. The van der Waals surface area contributed by atoms with Crippen LogP contribution in [0.15, 0.2) is 48.5 Å². The van der Waals surface area contributed by atoms with Gasteiger partial charge in [0.1, 0.15) is 5.25 Å². The highest BCUT2D eigenvalue weighted by atomic mass is 35.5. The lowest BCUT2D eigenvalue weighted by Crippen LogP contribution is -2.42. The van der Waals surface area contributed by atoms with E-state index < -0.39 is 21.0 Å². The van der Waals surface area contributed by atoms with Gasteiger partial charge in [0.2, 0.25) is 5.91 Å². The number of rotatable bonds is 6. The number of halogens is 2. The highest BCUT2D eigenvalue weighted by Gasteiger charge is 2.32. The Morgan fingerprint density at radius 2 is 1.72 bits per heavy atom. The number of para-hydroxylation sites is 1. The Hall–Kier alpha value is -1.56. The molecule has 0 bridgehead atoms. The number of anilines is 1. The van der Waals surface area contributed by atoms with Gasteiger partial charge in [-0.05, 0) is 43.7 Å². The topological polar surface area (TPSA) is 54.5 Å². The lowest BCUT2D eigenvalue weighted by molar-refractivity contribution is -0.117. The van der Waals surface area contributed by atoms with Crippen molar-refractivity contribution in [3.8, 4) is 0 Å². The van der Waals surface area contributed by atoms with Crippen molar-refractivity contribution in [2.24, 2.45) is 0 Å². The van der Waals surface area contributed by atoms with Gasteiger partial charge >= 0.3 is 0 Å². The van der Waals surface area contributed by atoms with E-state index in [0.29, 0.717) is 22.8 Å². The highest BCUT2D eigenvalue weighted by molar-refractivity contribution is 7.92. The molecular formula is C18H19Cl2NO3S. The first kappa shape index (κ1) is 19.8. The molecule has 0 fully saturated rings. The van der Waals surface area contributed by atoms with Gasteiger partial charge in [-0.3, -0.25) is 4.79 Å². The van der Waals surface area contributed by atoms with E-state index in [-0.39, 0.29) is 10.8 Å². The number of sulfone groups is 1.